The van der Waals surface area contributed by atoms with Gasteiger partial charge in [-0.1, -0.05) is 6.92 Å². The third-order valence-electron chi connectivity index (χ3n) is 3.04. The Balaban J connectivity index is 1.88. The first-order chi connectivity index (χ1) is 8.72. The molecule has 18 heavy (non-hydrogen) atoms. The van der Waals surface area contributed by atoms with E-state index in [-0.39, 0.29) is 5.60 Å². The van der Waals surface area contributed by atoms with Gasteiger partial charge in [-0.15, -0.1) is 0 Å². The Labute approximate surface area is 108 Å². The van der Waals surface area contributed by atoms with Crippen LogP contribution in [0.15, 0.2) is 12.4 Å². The molecule has 0 bridgehead atoms. The van der Waals surface area contributed by atoms with Crippen molar-refractivity contribution in [1.29, 1.82) is 0 Å². The number of hydrogen-bond acceptors (Lipinski definition) is 5. The molecule has 5 nitrogen and oxygen atoms in total. The molecule has 5 heteroatoms. The Morgan fingerprint density at radius 3 is 3.11 bits per heavy atom. The highest BCUT2D eigenvalue weighted by molar-refractivity contribution is 5.37. The van der Waals surface area contributed by atoms with Gasteiger partial charge in [-0.2, -0.15) is 0 Å². The van der Waals surface area contributed by atoms with Crippen molar-refractivity contribution in [3.63, 3.8) is 0 Å². The summed E-state index contributed by atoms with van der Waals surface area (Å²) in [6, 6.07) is 1.83. The van der Waals surface area contributed by atoms with Crippen LogP contribution in [0.4, 0.5) is 5.82 Å². The average Bonchev–Trinajstić information content (AvgIpc) is 2.82. The van der Waals surface area contributed by atoms with Crippen LogP contribution in [0, 0.1) is 0 Å². The number of anilines is 1. The minimum absolute atomic E-state index is 0.0740. The molecular weight excluding hydrogens is 230 g/mol. The molecule has 0 saturated carbocycles. The maximum atomic E-state index is 5.72. The number of nitrogens with one attached hydrogen (secondary N) is 1. The number of nitrogens with zero attached hydrogens (tertiary/aromatic N) is 2. The van der Waals surface area contributed by atoms with Crippen molar-refractivity contribution in [2.75, 3.05) is 25.1 Å². The maximum Gasteiger partial charge on any atom is 0.218 e. The van der Waals surface area contributed by atoms with Crippen molar-refractivity contribution >= 4 is 5.82 Å². The van der Waals surface area contributed by atoms with Crippen LogP contribution in [0.3, 0.4) is 0 Å². The number of ether oxygens (including phenoxy) is 2. The summed E-state index contributed by atoms with van der Waals surface area (Å²) in [5, 5.41) is 3.29. The third kappa shape index (κ3) is 3.57. The second-order valence-electron chi connectivity index (χ2n) is 4.85. The van der Waals surface area contributed by atoms with E-state index in [4.69, 9.17) is 9.47 Å². The predicted octanol–water partition coefficient (Wildman–Crippen LogP) is 2.25. The summed E-state index contributed by atoms with van der Waals surface area (Å²) in [5.41, 5.74) is -0.0740. The molecule has 1 fully saturated rings. The summed E-state index contributed by atoms with van der Waals surface area (Å²) < 4.78 is 11.2. The van der Waals surface area contributed by atoms with Crippen molar-refractivity contribution in [2.24, 2.45) is 0 Å². The summed E-state index contributed by atoms with van der Waals surface area (Å²) in [6.45, 7) is 6.49. The number of aromatic nitrogens is 2. The summed E-state index contributed by atoms with van der Waals surface area (Å²) >= 11 is 0. The van der Waals surface area contributed by atoms with Gasteiger partial charge in [-0.3, -0.25) is 0 Å². The smallest absolute Gasteiger partial charge is 0.218 e. The molecule has 1 aliphatic rings. The van der Waals surface area contributed by atoms with E-state index in [9.17, 15) is 0 Å². The molecule has 1 atom stereocenters. The summed E-state index contributed by atoms with van der Waals surface area (Å²) in [4.78, 5) is 8.25. The summed E-state index contributed by atoms with van der Waals surface area (Å²) in [6.07, 6.45) is 4.71. The van der Waals surface area contributed by atoms with Gasteiger partial charge in [0.25, 0.3) is 0 Å². The van der Waals surface area contributed by atoms with E-state index in [2.05, 4.69) is 29.1 Å². The standard InChI is InChI=1S/C13H21N3O2/c1-3-6-17-12-8-11(15-10-16-12)14-9-13(2)5-4-7-18-13/h8,10H,3-7,9H2,1-2H3,(H,14,15,16). The highest BCUT2D eigenvalue weighted by Crippen LogP contribution is 2.25. The van der Waals surface area contributed by atoms with Crippen molar-refractivity contribution in [3.8, 4) is 5.88 Å². The molecule has 1 unspecified atom stereocenters. The lowest BCUT2D eigenvalue weighted by atomic mass is 10.0. The third-order valence-corrected chi connectivity index (χ3v) is 3.04. The van der Waals surface area contributed by atoms with Crippen LogP contribution < -0.4 is 10.1 Å². The van der Waals surface area contributed by atoms with Gasteiger partial charge < -0.3 is 14.8 Å². The lowest BCUT2D eigenvalue weighted by Gasteiger charge is -2.23. The van der Waals surface area contributed by atoms with E-state index in [0.29, 0.717) is 12.5 Å². The Hall–Kier alpha value is -1.36. The largest absolute Gasteiger partial charge is 0.478 e. The fraction of sp³-hybridized carbons (Fsp3) is 0.692. The topological polar surface area (TPSA) is 56.3 Å². The van der Waals surface area contributed by atoms with E-state index in [1.807, 2.05) is 6.07 Å². The molecule has 0 aliphatic carbocycles. The monoisotopic (exact) mass is 251 g/mol. The van der Waals surface area contributed by atoms with Crippen LogP contribution in [0.2, 0.25) is 0 Å². The van der Waals surface area contributed by atoms with Crippen LogP contribution in [0.5, 0.6) is 5.88 Å². The minimum Gasteiger partial charge on any atom is -0.478 e. The zero-order valence-corrected chi connectivity index (χ0v) is 11.1. The number of rotatable bonds is 6. The molecule has 0 amide bonds. The molecule has 1 aromatic rings. The van der Waals surface area contributed by atoms with Gasteiger partial charge in [0.2, 0.25) is 5.88 Å². The highest BCUT2D eigenvalue weighted by Gasteiger charge is 2.29. The van der Waals surface area contributed by atoms with Gasteiger partial charge >= 0.3 is 0 Å². The normalized spacial score (nSPS) is 23.0. The molecule has 2 heterocycles. The molecule has 1 aromatic heterocycles. The van der Waals surface area contributed by atoms with Crippen molar-refractivity contribution in [2.45, 2.75) is 38.7 Å². The van der Waals surface area contributed by atoms with Gasteiger partial charge in [0.15, 0.2) is 0 Å². The molecule has 1 aliphatic heterocycles. The summed E-state index contributed by atoms with van der Waals surface area (Å²) in [7, 11) is 0. The summed E-state index contributed by atoms with van der Waals surface area (Å²) in [5.74, 6) is 1.40. The molecule has 0 radical (unpaired) electrons. The fourth-order valence-electron chi connectivity index (χ4n) is 1.98. The molecule has 0 aromatic carbocycles. The van der Waals surface area contributed by atoms with E-state index >= 15 is 0 Å². The van der Waals surface area contributed by atoms with Crippen LogP contribution in [0.1, 0.15) is 33.1 Å². The van der Waals surface area contributed by atoms with E-state index in [1.165, 1.54) is 6.33 Å². The predicted molar refractivity (Wildman–Crippen MR) is 69.9 cm³/mol. The van der Waals surface area contributed by atoms with Crippen molar-refractivity contribution in [3.05, 3.63) is 12.4 Å². The molecule has 1 saturated heterocycles. The number of hydrogen-bond donors (Lipinski definition) is 1. The molecular formula is C13H21N3O2. The average molecular weight is 251 g/mol. The Morgan fingerprint density at radius 2 is 2.39 bits per heavy atom. The SMILES string of the molecule is CCCOc1cc(NCC2(C)CCCO2)ncn1. The second-order valence-corrected chi connectivity index (χ2v) is 4.85. The Bertz CT molecular complexity index is 378. The zero-order chi connectivity index (χ0) is 12.8. The fourth-order valence-corrected chi connectivity index (χ4v) is 1.98. The first-order valence-corrected chi connectivity index (χ1v) is 6.54. The van der Waals surface area contributed by atoms with E-state index < -0.39 is 0 Å². The van der Waals surface area contributed by atoms with Crippen LogP contribution >= 0.6 is 0 Å². The Kier molecular flexibility index (Phi) is 4.36. The van der Waals surface area contributed by atoms with Crippen LogP contribution in [-0.2, 0) is 4.74 Å². The van der Waals surface area contributed by atoms with Crippen molar-refractivity contribution in [1.82, 2.24) is 9.97 Å². The van der Waals surface area contributed by atoms with E-state index in [1.54, 1.807) is 0 Å². The lowest BCUT2D eigenvalue weighted by molar-refractivity contribution is 0.0314. The molecule has 1 N–H and O–H groups in total. The first kappa shape index (κ1) is 13.1. The quantitative estimate of drug-likeness (QED) is 0.840. The Morgan fingerprint density at radius 1 is 1.50 bits per heavy atom. The second kappa shape index (κ2) is 6.00. The first-order valence-electron chi connectivity index (χ1n) is 6.54. The van der Waals surface area contributed by atoms with Crippen LogP contribution in [-0.4, -0.2) is 35.3 Å². The van der Waals surface area contributed by atoms with Gasteiger partial charge in [0.05, 0.1) is 12.2 Å². The minimum atomic E-state index is -0.0740. The molecule has 0 spiro atoms. The van der Waals surface area contributed by atoms with Gasteiger partial charge in [0, 0.05) is 19.2 Å². The van der Waals surface area contributed by atoms with Crippen LogP contribution in [0.25, 0.3) is 0 Å². The zero-order valence-electron chi connectivity index (χ0n) is 11.1. The van der Waals surface area contributed by atoms with Crippen molar-refractivity contribution < 1.29 is 9.47 Å². The highest BCUT2D eigenvalue weighted by atomic mass is 16.5. The molecule has 100 valence electrons. The van der Waals surface area contributed by atoms with E-state index in [0.717, 1.165) is 38.2 Å². The van der Waals surface area contributed by atoms with Gasteiger partial charge in [0.1, 0.15) is 12.1 Å². The van der Waals surface area contributed by atoms with Gasteiger partial charge in [-0.05, 0) is 26.2 Å². The van der Waals surface area contributed by atoms with Gasteiger partial charge in [-0.25, -0.2) is 9.97 Å². The molecule has 2 rings (SSSR count). The lowest BCUT2D eigenvalue weighted by Crippen LogP contribution is -2.32. The maximum absolute atomic E-state index is 5.72.